The highest BCUT2D eigenvalue weighted by Crippen LogP contribution is 2.27. The number of halogens is 1. The van der Waals surface area contributed by atoms with Crippen LogP contribution in [0.25, 0.3) is 17.1 Å². The van der Waals surface area contributed by atoms with Crippen molar-refractivity contribution >= 4 is 17.5 Å². The quantitative estimate of drug-likeness (QED) is 0.619. The molecule has 2 aliphatic heterocycles. The number of benzene rings is 1. The molecular formula is C23H25ClN4O2. The lowest BCUT2D eigenvalue weighted by Gasteiger charge is -2.36. The van der Waals surface area contributed by atoms with Crippen LogP contribution in [-0.2, 0) is 0 Å². The first-order chi connectivity index (χ1) is 14.7. The molecule has 0 spiro atoms. The Balaban J connectivity index is 1.38. The van der Waals surface area contributed by atoms with Crippen LogP contribution in [0.2, 0.25) is 5.02 Å². The summed E-state index contributed by atoms with van der Waals surface area (Å²) in [5.74, 6) is 0.652. The van der Waals surface area contributed by atoms with Crippen molar-refractivity contribution in [3.8, 4) is 17.1 Å². The molecule has 1 amide bonds. The summed E-state index contributed by atoms with van der Waals surface area (Å²) < 4.78 is 7.35. The predicted molar refractivity (Wildman–Crippen MR) is 116 cm³/mol. The maximum Gasteiger partial charge on any atom is 0.274 e. The van der Waals surface area contributed by atoms with Crippen molar-refractivity contribution in [1.29, 1.82) is 0 Å². The van der Waals surface area contributed by atoms with Crippen LogP contribution in [0.4, 0.5) is 0 Å². The summed E-state index contributed by atoms with van der Waals surface area (Å²) in [4.78, 5) is 17.8. The lowest BCUT2D eigenvalue weighted by molar-refractivity contribution is 0.0638. The molecule has 5 rings (SSSR count). The van der Waals surface area contributed by atoms with Crippen LogP contribution in [-0.4, -0.2) is 57.7 Å². The van der Waals surface area contributed by atoms with Crippen LogP contribution in [0, 0.1) is 0 Å². The van der Waals surface area contributed by atoms with E-state index in [4.69, 9.17) is 16.0 Å². The van der Waals surface area contributed by atoms with Gasteiger partial charge in [-0.2, -0.15) is 5.10 Å². The number of piperidine rings is 1. The van der Waals surface area contributed by atoms with Gasteiger partial charge in [0.15, 0.2) is 11.5 Å². The minimum atomic E-state index is -0.0182. The van der Waals surface area contributed by atoms with Crippen LogP contribution in [0.3, 0.4) is 0 Å². The molecular weight excluding hydrogens is 400 g/mol. The van der Waals surface area contributed by atoms with E-state index in [9.17, 15) is 4.79 Å². The van der Waals surface area contributed by atoms with Crippen molar-refractivity contribution in [2.75, 3.05) is 26.2 Å². The summed E-state index contributed by atoms with van der Waals surface area (Å²) in [5, 5.41) is 5.30. The maximum atomic E-state index is 13.2. The summed E-state index contributed by atoms with van der Waals surface area (Å²) in [6.07, 6.45) is 6.30. The lowest BCUT2D eigenvalue weighted by atomic mass is 10.0. The second kappa shape index (κ2) is 8.28. The van der Waals surface area contributed by atoms with Crippen LogP contribution < -0.4 is 0 Å². The summed E-state index contributed by atoms with van der Waals surface area (Å²) in [7, 11) is 0. The molecule has 30 heavy (non-hydrogen) atoms. The highest BCUT2D eigenvalue weighted by molar-refractivity contribution is 6.30. The average Bonchev–Trinajstić information content (AvgIpc) is 3.55. The number of furan rings is 1. The molecule has 6 nitrogen and oxygen atoms in total. The van der Waals surface area contributed by atoms with Gasteiger partial charge in [-0.15, -0.1) is 0 Å². The predicted octanol–water partition coefficient (Wildman–Crippen LogP) is 4.49. The number of hydrogen-bond acceptors (Lipinski definition) is 4. The SMILES string of the molecule is O=C(c1cc(-c2ccco2)n(-c2ccc(Cl)cc2)n1)N1CCC(N2CCCC2)CC1. The highest BCUT2D eigenvalue weighted by Gasteiger charge is 2.30. The van der Waals surface area contributed by atoms with E-state index >= 15 is 0 Å². The molecule has 2 aliphatic rings. The fourth-order valence-electron chi connectivity index (χ4n) is 4.57. The second-order valence-corrected chi connectivity index (χ2v) is 8.48. The smallest absolute Gasteiger partial charge is 0.274 e. The van der Waals surface area contributed by atoms with E-state index in [1.165, 1.54) is 25.9 Å². The van der Waals surface area contributed by atoms with Crippen molar-refractivity contribution in [2.24, 2.45) is 0 Å². The van der Waals surface area contributed by atoms with Crippen molar-refractivity contribution in [3.63, 3.8) is 0 Å². The molecule has 1 aromatic carbocycles. The zero-order chi connectivity index (χ0) is 20.5. The minimum Gasteiger partial charge on any atom is -0.463 e. The van der Waals surface area contributed by atoms with Crippen molar-refractivity contribution in [2.45, 2.75) is 31.7 Å². The number of aromatic nitrogens is 2. The highest BCUT2D eigenvalue weighted by atomic mass is 35.5. The molecule has 0 saturated carbocycles. The fraction of sp³-hybridized carbons (Fsp3) is 0.391. The molecule has 0 atom stereocenters. The first-order valence-electron chi connectivity index (χ1n) is 10.6. The Bertz CT molecular complexity index is 999. The van der Waals surface area contributed by atoms with E-state index < -0.39 is 0 Å². The normalized spacial score (nSPS) is 18.2. The van der Waals surface area contributed by atoms with Gasteiger partial charge in [-0.25, -0.2) is 4.68 Å². The van der Waals surface area contributed by atoms with Gasteiger partial charge in [-0.1, -0.05) is 11.6 Å². The Labute approximate surface area is 181 Å². The van der Waals surface area contributed by atoms with E-state index in [0.717, 1.165) is 37.3 Å². The molecule has 0 unspecified atom stereocenters. The number of hydrogen-bond donors (Lipinski definition) is 0. The topological polar surface area (TPSA) is 54.5 Å². The third-order valence-corrected chi connectivity index (χ3v) is 6.43. The lowest BCUT2D eigenvalue weighted by Crippen LogP contribution is -2.46. The molecule has 0 bridgehead atoms. The second-order valence-electron chi connectivity index (χ2n) is 8.05. The van der Waals surface area contributed by atoms with Gasteiger partial charge >= 0.3 is 0 Å². The Morgan fingerprint density at radius 2 is 1.77 bits per heavy atom. The van der Waals surface area contributed by atoms with Crippen molar-refractivity contribution in [3.05, 3.63) is 59.4 Å². The third kappa shape index (κ3) is 3.77. The van der Waals surface area contributed by atoms with Crippen molar-refractivity contribution < 1.29 is 9.21 Å². The number of rotatable bonds is 4. The van der Waals surface area contributed by atoms with Crippen LogP contribution in [0.5, 0.6) is 0 Å². The molecule has 0 aliphatic carbocycles. The van der Waals surface area contributed by atoms with Gasteiger partial charge in [0.2, 0.25) is 0 Å². The Kier molecular flexibility index (Phi) is 5.35. The zero-order valence-corrected chi connectivity index (χ0v) is 17.6. The number of amides is 1. The Morgan fingerprint density at radius 3 is 2.43 bits per heavy atom. The van der Waals surface area contributed by atoms with E-state index in [1.807, 2.05) is 47.4 Å². The molecule has 0 radical (unpaired) electrons. The van der Waals surface area contributed by atoms with E-state index in [-0.39, 0.29) is 5.91 Å². The zero-order valence-electron chi connectivity index (χ0n) is 16.8. The number of carbonyl (C=O) groups is 1. The average molecular weight is 425 g/mol. The van der Waals surface area contributed by atoms with Gasteiger partial charge < -0.3 is 14.2 Å². The van der Waals surface area contributed by atoms with E-state index in [0.29, 0.717) is 22.5 Å². The van der Waals surface area contributed by atoms with Gasteiger partial charge in [0.1, 0.15) is 5.69 Å². The van der Waals surface area contributed by atoms with Gasteiger partial charge in [-0.05, 0) is 75.2 Å². The largest absolute Gasteiger partial charge is 0.463 e. The number of carbonyl (C=O) groups excluding carboxylic acids is 1. The monoisotopic (exact) mass is 424 g/mol. The maximum absolute atomic E-state index is 13.2. The number of nitrogens with zero attached hydrogens (tertiary/aromatic N) is 4. The first-order valence-corrected chi connectivity index (χ1v) is 11.0. The van der Waals surface area contributed by atoms with E-state index in [2.05, 4.69) is 10.00 Å². The molecule has 2 aromatic heterocycles. The van der Waals surface area contributed by atoms with Crippen LogP contribution in [0.1, 0.15) is 36.2 Å². The summed E-state index contributed by atoms with van der Waals surface area (Å²) in [6.45, 7) is 3.97. The van der Waals surface area contributed by atoms with Gasteiger partial charge in [0.05, 0.1) is 12.0 Å². The van der Waals surface area contributed by atoms with Crippen molar-refractivity contribution in [1.82, 2.24) is 19.6 Å². The standard InChI is InChI=1S/C23H25ClN4O2/c24-17-5-7-19(8-6-17)28-21(22-4-3-15-30-22)16-20(25-28)23(29)27-13-9-18(10-14-27)26-11-1-2-12-26/h3-8,15-16,18H,1-2,9-14H2. The minimum absolute atomic E-state index is 0.0182. The van der Waals surface area contributed by atoms with Crippen LogP contribution in [0.15, 0.2) is 53.1 Å². The summed E-state index contributed by atoms with van der Waals surface area (Å²) in [6, 6.07) is 13.5. The van der Waals surface area contributed by atoms with Gasteiger partial charge in [0.25, 0.3) is 5.91 Å². The Hall–Kier alpha value is -2.57. The molecule has 2 fully saturated rings. The fourth-order valence-corrected chi connectivity index (χ4v) is 4.69. The molecule has 3 aromatic rings. The van der Waals surface area contributed by atoms with E-state index in [1.54, 1.807) is 10.9 Å². The molecule has 4 heterocycles. The molecule has 0 N–H and O–H groups in total. The third-order valence-electron chi connectivity index (χ3n) is 6.18. The summed E-state index contributed by atoms with van der Waals surface area (Å²) in [5.41, 5.74) is 2.02. The Morgan fingerprint density at radius 1 is 1.03 bits per heavy atom. The molecule has 7 heteroatoms. The molecule has 2 saturated heterocycles. The van der Waals surface area contributed by atoms with Gasteiger partial charge in [0, 0.05) is 30.2 Å². The first kappa shape index (κ1) is 19.4. The van der Waals surface area contributed by atoms with Crippen LogP contribution >= 0.6 is 11.6 Å². The number of likely N-dealkylation sites (tertiary alicyclic amines) is 2. The molecule has 156 valence electrons. The summed E-state index contributed by atoms with van der Waals surface area (Å²) >= 11 is 6.04. The van der Waals surface area contributed by atoms with Gasteiger partial charge in [-0.3, -0.25) is 4.79 Å².